The highest BCUT2D eigenvalue weighted by atomic mass is 16.2. The number of nitrogen functional groups attached to an aromatic ring is 1. The highest BCUT2D eigenvalue weighted by molar-refractivity contribution is 6.45. The summed E-state index contributed by atoms with van der Waals surface area (Å²) in [6.45, 7) is 6.82. The van der Waals surface area contributed by atoms with Gasteiger partial charge in [0.25, 0.3) is 17.6 Å². The van der Waals surface area contributed by atoms with Crippen LogP contribution in [-0.2, 0) is 4.79 Å². The number of ketones is 1. The van der Waals surface area contributed by atoms with E-state index in [4.69, 9.17) is 5.73 Å². The number of anilines is 1. The Kier molecular flexibility index (Phi) is 7.57. The molecule has 10 heteroatoms. The third-order valence-electron chi connectivity index (χ3n) is 6.13. The average Bonchev–Trinajstić information content (AvgIpc) is 3.38. The van der Waals surface area contributed by atoms with Gasteiger partial charge >= 0.3 is 0 Å². The zero-order chi connectivity index (χ0) is 26.5. The molecule has 0 unspecified atom stereocenters. The average molecular weight is 500 g/mol. The van der Waals surface area contributed by atoms with E-state index in [-0.39, 0.29) is 29.9 Å². The monoisotopic (exact) mass is 499 g/mol. The third-order valence-corrected chi connectivity index (χ3v) is 6.13. The Morgan fingerprint density at radius 1 is 1.05 bits per heavy atom. The Morgan fingerprint density at radius 3 is 2.51 bits per heavy atom. The van der Waals surface area contributed by atoms with E-state index in [9.17, 15) is 14.4 Å². The molecule has 190 valence electrons. The van der Waals surface area contributed by atoms with E-state index in [1.807, 2.05) is 39.0 Å². The summed E-state index contributed by atoms with van der Waals surface area (Å²) in [7, 11) is 0. The van der Waals surface area contributed by atoms with E-state index in [0.29, 0.717) is 40.9 Å². The Bertz CT molecular complexity index is 1430. The molecule has 4 aromatic rings. The molecular formula is C27H29N7O3. The number of nitrogens with one attached hydrogen (secondary N) is 1. The van der Waals surface area contributed by atoms with Crippen LogP contribution in [0, 0.1) is 0 Å². The lowest BCUT2D eigenvalue weighted by Gasteiger charge is -2.39. The standard InChI is InChI=1S/C25H23N7O3.C2H6/c1-15-14-31(24(34)16-5-3-2-4-6-16)9-10-32(15)25(35)23(33)18-11-29-21-17(18)7-8-28-22(21)19-12-27-13-20(26)30-19;1-2/h2-8,11-13,15,29H,9-10,14H2,1H3,(H2,26,30);1-2H3/t15-;/m1./s1. The number of benzene rings is 1. The minimum atomic E-state index is -0.623. The highest BCUT2D eigenvalue weighted by Gasteiger charge is 2.34. The van der Waals surface area contributed by atoms with Crippen LogP contribution in [0.2, 0.25) is 0 Å². The molecule has 0 bridgehead atoms. The molecule has 0 saturated carbocycles. The Labute approximate surface area is 214 Å². The van der Waals surface area contributed by atoms with Gasteiger partial charge in [0.2, 0.25) is 0 Å². The number of nitrogens with zero attached hydrogens (tertiary/aromatic N) is 5. The summed E-state index contributed by atoms with van der Waals surface area (Å²) in [4.78, 5) is 58.2. The molecule has 1 aromatic carbocycles. The first-order valence-electron chi connectivity index (χ1n) is 12.2. The van der Waals surface area contributed by atoms with Gasteiger partial charge in [-0.05, 0) is 25.1 Å². The second kappa shape index (κ2) is 11.0. The van der Waals surface area contributed by atoms with E-state index >= 15 is 0 Å². The number of carbonyl (C=O) groups excluding carboxylic acids is 3. The summed E-state index contributed by atoms with van der Waals surface area (Å²) in [5.74, 6) is -1.07. The Morgan fingerprint density at radius 2 is 1.81 bits per heavy atom. The maximum Gasteiger partial charge on any atom is 0.295 e. The number of Topliss-reactive ketones (excluding diaryl/α,β-unsaturated/α-hetero) is 1. The van der Waals surface area contributed by atoms with Crippen molar-refractivity contribution in [2.45, 2.75) is 26.8 Å². The fourth-order valence-corrected chi connectivity index (χ4v) is 4.38. The topological polar surface area (TPSA) is 138 Å². The fraction of sp³-hybridized carbons (Fsp3) is 0.259. The van der Waals surface area contributed by atoms with Gasteiger partial charge < -0.3 is 20.5 Å². The number of hydrogen-bond acceptors (Lipinski definition) is 7. The second-order valence-corrected chi connectivity index (χ2v) is 8.41. The van der Waals surface area contributed by atoms with Crippen molar-refractivity contribution >= 4 is 34.3 Å². The van der Waals surface area contributed by atoms with Crippen LogP contribution >= 0.6 is 0 Å². The number of fused-ring (bicyclic) bond motifs is 1. The lowest BCUT2D eigenvalue weighted by Crippen LogP contribution is -2.56. The highest BCUT2D eigenvalue weighted by Crippen LogP contribution is 2.27. The number of H-pyrrole nitrogens is 1. The first-order valence-corrected chi connectivity index (χ1v) is 12.2. The molecule has 1 aliphatic rings. The largest absolute Gasteiger partial charge is 0.382 e. The van der Waals surface area contributed by atoms with Gasteiger partial charge in [-0.3, -0.25) is 24.4 Å². The molecule has 4 heterocycles. The number of pyridine rings is 1. The Hall–Kier alpha value is -4.60. The number of amides is 2. The van der Waals surface area contributed by atoms with Crippen LogP contribution in [0.4, 0.5) is 5.82 Å². The first kappa shape index (κ1) is 25.5. The van der Waals surface area contributed by atoms with Gasteiger partial charge in [0.1, 0.15) is 17.2 Å². The lowest BCUT2D eigenvalue weighted by atomic mass is 10.1. The van der Waals surface area contributed by atoms with Crippen LogP contribution in [0.5, 0.6) is 0 Å². The molecule has 10 nitrogen and oxygen atoms in total. The van der Waals surface area contributed by atoms with Gasteiger partial charge in [0.05, 0.1) is 23.5 Å². The zero-order valence-corrected chi connectivity index (χ0v) is 21.0. The number of hydrogen-bond donors (Lipinski definition) is 2. The van der Waals surface area contributed by atoms with Gasteiger partial charge in [-0.2, -0.15) is 0 Å². The molecule has 1 saturated heterocycles. The molecule has 1 atom stereocenters. The van der Waals surface area contributed by atoms with Crippen LogP contribution in [0.15, 0.2) is 61.2 Å². The molecule has 1 aliphatic heterocycles. The minimum Gasteiger partial charge on any atom is -0.382 e. The van der Waals surface area contributed by atoms with Gasteiger partial charge in [-0.1, -0.05) is 32.0 Å². The van der Waals surface area contributed by atoms with Crippen molar-refractivity contribution in [1.82, 2.24) is 29.7 Å². The van der Waals surface area contributed by atoms with Crippen LogP contribution < -0.4 is 5.73 Å². The summed E-state index contributed by atoms with van der Waals surface area (Å²) in [6, 6.07) is 10.4. The summed E-state index contributed by atoms with van der Waals surface area (Å²) in [6.07, 6.45) is 6.02. The van der Waals surface area contributed by atoms with Crippen molar-refractivity contribution in [2.75, 3.05) is 25.4 Å². The van der Waals surface area contributed by atoms with Gasteiger partial charge in [-0.25, -0.2) is 4.98 Å². The van der Waals surface area contributed by atoms with Crippen molar-refractivity contribution < 1.29 is 14.4 Å². The molecule has 3 N–H and O–H groups in total. The summed E-state index contributed by atoms with van der Waals surface area (Å²) in [5, 5.41) is 0.558. The van der Waals surface area contributed by atoms with Crippen molar-refractivity contribution in [3.05, 3.63) is 72.3 Å². The van der Waals surface area contributed by atoms with E-state index in [0.717, 1.165) is 0 Å². The number of carbonyl (C=O) groups is 3. The smallest absolute Gasteiger partial charge is 0.295 e. The van der Waals surface area contributed by atoms with Crippen LogP contribution in [0.3, 0.4) is 0 Å². The van der Waals surface area contributed by atoms with Crippen molar-refractivity contribution in [3.63, 3.8) is 0 Å². The van der Waals surface area contributed by atoms with Gasteiger partial charge in [0, 0.05) is 49.0 Å². The normalized spacial score (nSPS) is 15.2. The number of rotatable bonds is 4. The molecule has 0 radical (unpaired) electrons. The van der Waals surface area contributed by atoms with E-state index < -0.39 is 11.7 Å². The van der Waals surface area contributed by atoms with Crippen molar-refractivity contribution in [2.24, 2.45) is 0 Å². The third kappa shape index (κ3) is 5.04. The van der Waals surface area contributed by atoms with E-state index in [2.05, 4.69) is 19.9 Å². The van der Waals surface area contributed by atoms with Crippen molar-refractivity contribution in [1.29, 1.82) is 0 Å². The predicted octanol–water partition coefficient (Wildman–Crippen LogP) is 3.18. The van der Waals surface area contributed by atoms with Crippen LogP contribution in [-0.4, -0.2) is 73.0 Å². The fourth-order valence-electron chi connectivity index (χ4n) is 4.38. The second-order valence-electron chi connectivity index (χ2n) is 8.41. The van der Waals surface area contributed by atoms with Gasteiger partial charge in [0.15, 0.2) is 0 Å². The predicted molar refractivity (Wildman–Crippen MR) is 141 cm³/mol. The van der Waals surface area contributed by atoms with E-state index in [1.165, 1.54) is 23.5 Å². The maximum atomic E-state index is 13.2. The lowest BCUT2D eigenvalue weighted by molar-refractivity contribution is -0.130. The quantitative estimate of drug-likeness (QED) is 0.325. The molecule has 1 fully saturated rings. The number of piperazine rings is 1. The van der Waals surface area contributed by atoms with Crippen molar-refractivity contribution in [3.8, 4) is 11.4 Å². The summed E-state index contributed by atoms with van der Waals surface area (Å²) in [5.41, 5.74) is 8.10. The van der Waals surface area contributed by atoms with E-state index in [1.54, 1.807) is 29.3 Å². The zero-order valence-electron chi connectivity index (χ0n) is 21.0. The minimum absolute atomic E-state index is 0.0859. The molecule has 3 aromatic heterocycles. The molecule has 2 amide bonds. The number of nitrogens with two attached hydrogens (primary N) is 1. The van der Waals surface area contributed by atoms with Crippen LogP contribution in [0.1, 0.15) is 41.5 Å². The molecule has 0 aliphatic carbocycles. The molecule has 0 spiro atoms. The number of aromatic nitrogens is 4. The summed E-state index contributed by atoms with van der Waals surface area (Å²) >= 11 is 0. The first-order chi connectivity index (χ1) is 17.9. The molecular weight excluding hydrogens is 470 g/mol. The maximum absolute atomic E-state index is 13.2. The number of aromatic amines is 1. The molecule has 5 rings (SSSR count). The van der Waals surface area contributed by atoms with Gasteiger partial charge in [-0.15, -0.1) is 0 Å². The van der Waals surface area contributed by atoms with Crippen LogP contribution in [0.25, 0.3) is 22.3 Å². The Balaban J connectivity index is 0.00000156. The SMILES string of the molecule is CC.C[C@@H]1CN(C(=O)c2ccccc2)CCN1C(=O)C(=O)c1c[nH]c2c(-c3cncc(N)n3)nccc12. The summed E-state index contributed by atoms with van der Waals surface area (Å²) < 4.78 is 0. The molecule has 37 heavy (non-hydrogen) atoms.